The molecule has 0 aliphatic rings. The number of benzene rings is 7. The second-order valence-corrected chi connectivity index (χ2v) is 12.7. The van der Waals surface area contributed by atoms with Crippen LogP contribution < -0.4 is 4.90 Å². The summed E-state index contributed by atoms with van der Waals surface area (Å²) in [6.07, 6.45) is 0. The quantitative estimate of drug-likeness (QED) is 0.178. The molecule has 244 valence electrons. The lowest BCUT2D eigenvalue weighted by Gasteiger charge is -2.24. The topological polar surface area (TPSA) is 68.2 Å². The lowest BCUT2D eigenvalue weighted by Crippen LogP contribution is -2.15. The monoisotopic (exact) mass is 700 g/mol. The maximum absolute atomic E-state index is 9.62. The lowest BCUT2D eigenvalue weighted by atomic mass is 10.1. The zero-order valence-corrected chi connectivity index (χ0v) is 27.3. The average Bonchev–Trinajstić information content (AvgIpc) is 4.04. The third-order valence-corrected chi connectivity index (χ3v) is 9.70. The number of para-hydroxylation sites is 3. The van der Waals surface area contributed by atoms with E-state index in [9.17, 15) is 6.85 Å². The molecule has 0 N–H and O–H groups in total. The Morgan fingerprint density at radius 1 is 0.500 bits per heavy atom. The molecule has 0 aliphatic heterocycles. The largest absolute Gasteiger partial charge is 0.456 e. The van der Waals surface area contributed by atoms with Crippen LogP contribution in [-0.2, 0) is 0 Å². The van der Waals surface area contributed by atoms with Crippen molar-refractivity contribution >= 4 is 92.7 Å². The highest BCUT2D eigenvalue weighted by Gasteiger charge is 2.24. The van der Waals surface area contributed by atoms with E-state index in [1.54, 1.807) is 53.4 Å². The SMILES string of the molecule is [2H]c1c([2H])c([2H])c2c(oc3c([2H])c([2H])c(-c4nc(-c5c([2H])c([2H])c6c(sc7c([2H])c([2H])c([2H])c([2H])c76)c5[2H])nc(N(c5ccccc5)c5cccc6oc7ccccc7c56)n4)c([2H])c32)c1[2H]. The van der Waals surface area contributed by atoms with Crippen LogP contribution >= 0.6 is 11.3 Å². The molecule has 4 aromatic heterocycles. The van der Waals surface area contributed by atoms with Gasteiger partial charge in [0.15, 0.2) is 11.6 Å². The standard InChI is InChI=1S/C45H26N4O2S/c1-2-11-29(12-3-1)49(35-16-10-19-39-42(35)33-15-5-8-18-37(33)51-39)45-47-43(27-22-24-38-34(25-27)30-13-4-7-17-36(30)50-38)46-44(48-45)28-21-23-32-31-14-6-9-20-40(31)52-41(32)26-28/h1-26H/i4D,6D,7D,9D,13D,14D,17D,20D,21D,22D,23D,24D,25D,26D. The number of rotatable bonds is 5. The fourth-order valence-corrected chi connectivity index (χ4v) is 7.36. The highest BCUT2D eigenvalue weighted by atomic mass is 32.1. The molecular weight excluding hydrogens is 661 g/mol. The van der Waals surface area contributed by atoms with Crippen LogP contribution in [0.3, 0.4) is 0 Å². The summed E-state index contributed by atoms with van der Waals surface area (Å²) in [4.78, 5) is 16.2. The number of furan rings is 2. The van der Waals surface area contributed by atoms with Crippen molar-refractivity contribution in [3.63, 3.8) is 0 Å². The van der Waals surface area contributed by atoms with E-state index in [2.05, 4.69) is 0 Å². The van der Waals surface area contributed by atoms with E-state index in [4.69, 9.17) is 36.1 Å². The van der Waals surface area contributed by atoms with E-state index < -0.39 is 78.3 Å². The van der Waals surface area contributed by atoms with E-state index in [-0.39, 0.29) is 77.1 Å². The Morgan fingerprint density at radius 2 is 1.19 bits per heavy atom. The van der Waals surface area contributed by atoms with Gasteiger partial charge in [0, 0.05) is 53.1 Å². The van der Waals surface area contributed by atoms with Crippen LogP contribution in [-0.4, -0.2) is 15.0 Å². The molecule has 0 amide bonds. The highest BCUT2D eigenvalue weighted by molar-refractivity contribution is 7.25. The summed E-state index contributed by atoms with van der Waals surface area (Å²) in [5.41, 5.74) is 0.779. The minimum Gasteiger partial charge on any atom is -0.456 e. The van der Waals surface area contributed by atoms with Crippen LogP contribution in [0.1, 0.15) is 19.2 Å². The molecule has 7 heteroatoms. The van der Waals surface area contributed by atoms with Gasteiger partial charge in [-0.15, -0.1) is 11.3 Å². The predicted molar refractivity (Wildman–Crippen MR) is 213 cm³/mol. The first-order valence-electron chi connectivity index (χ1n) is 23.0. The summed E-state index contributed by atoms with van der Waals surface area (Å²) >= 11 is 0.856. The van der Waals surface area contributed by atoms with Gasteiger partial charge in [-0.05, 0) is 66.6 Å². The molecule has 52 heavy (non-hydrogen) atoms. The smallest absolute Gasteiger partial charge is 0.238 e. The van der Waals surface area contributed by atoms with Gasteiger partial charge in [0.05, 0.1) is 30.3 Å². The fourth-order valence-electron chi connectivity index (χ4n) is 6.39. The summed E-state index contributed by atoms with van der Waals surface area (Å²) in [5.74, 6) is -0.932. The van der Waals surface area contributed by atoms with E-state index in [0.717, 1.165) is 16.7 Å². The minimum absolute atomic E-state index is 0.00783. The Balaban J connectivity index is 1.29. The summed E-state index contributed by atoms with van der Waals surface area (Å²) in [6.45, 7) is 0. The molecule has 0 fully saturated rings. The van der Waals surface area contributed by atoms with E-state index in [1.807, 2.05) is 24.3 Å². The maximum atomic E-state index is 9.62. The van der Waals surface area contributed by atoms with Gasteiger partial charge >= 0.3 is 0 Å². The molecule has 7 aromatic carbocycles. The zero-order valence-electron chi connectivity index (χ0n) is 40.4. The Morgan fingerprint density at radius 3 is 2.10 bits per heavy atom. The van der Waals surface area contributed by atoms with Crippen molar-refractivity contribution in [2.24, 2.45) is 0 Å². The zero-order chi connectivity index (χ0) is 46.4. The van der Waals surface area contributed by atoms with E-state index >= 15 is 0 Å². The molecule has 6 nitrogen and oxygen atoms in total. The molecule has 0 spiro atoms. The van der Waals surface area contributed by atoms with Gasteiger partial charge in [-0.3, -0.25) is 4.90 Å². The van der Waals surface area contributed by atoms with Crippen molar-refractivity contribution in [3.8, 4) is 22.8 Å². The molecule has 4 heterocycles. The minimum atomic E-state index is -0.610. The molecule has 11 aromatic rings. The average molecular weight is 701 g/mol. The van der Waals surface area contributed by atoms with Crippen molar-refractivity contribution in [3.05, 3.63) is 157 Å². The van der Waals surface area contributed by atoms with Crippen LogP contribution in [0.4, 0.5) is 17.3 Å². The number of nitrogens with zero attached hydrogens (tertiary/aromatic N) is 4. The summed E-state index contributed by atoms with van der Waals surface area (Å²) in [7, 11) is 0. The molecule has 0 saturated carbocycles. The van der Waals surface area contributed by atoms with Crippen LogP contribution in [0.15, 0.2) is 166 Å². The normalized spacial score (nSPS) is 15.6. The van der Waals surface area contributed by atoms with Gasteiger partial charge in [-0.1, -0.05) is 90.8 Å². The van der Waals surface area contributed by atoms with Crippen molar-refractivity contribution < 1.29 is 28.0 Å². The molecule has 0 saturated heterocycles. The maximum Gasteiger partial charge on any atom is 0.238 e. The highest BCUT2D eigenvalue weighted by Crippen LogP contribution is 2.43. The molecule has 0 unspecified atom stereocenters. The van der Waals surface area contributed by atoms with Crippen molar-refractivity contribution in [2.75, 3.05) is 4.90 Å². The van der Waals surface area contributed by atoms with Crippen molar-refractivity contribution in [1.29, 1.82) is 0 Å². The Hall–Kier alpha value is -6.83. The fraction of sp³-hybridized carbons (Fsp3) is 0. The summed E-state index contributed by atoms with van der Waals surface area (Å²) in [6, 6.07) is 14.5. The van der Waals surface area contributed by atoms with Crippen LogP contribution in [0.25, 0.3) is 86.8 Å². The van der Waals surface area contributed by atoms with E-state index in [0.29, 0.717) is 27.9 Å². The number of anilines is 3. The van der Waals surface area contributed by atoms with Crippen molar-refractivity contribution in [1.82, 2.24) is 15.0 Å². The molecular formula is C45H26N4O2S. The number of fused-ring (bicyclic) bond motifs is 9. The molecule has 0 atom stereocenters. The second kappa shape index (κ2) is 11.3. The van der Waals surface area contributed by atoms with Gasteiger partial charge in [-0.25, -0.2) is 4.98 Å². The van der Waals surface area contributed by atoms with Crippen molar-refractivity contribution in [2.45, 2.75) is 0 Å². The van der Waals surface area contributed by atoms with Crippen LogP contribution in [0.5, 0.6) is 0 Å². The lowest BCUT2D eigenvalue weighted by molar-refractivity contribution is 0.668. The van der Waals surface area contributed by atoms with Gasteiger partial charge in [0.25, 0.3) is 0 Å². The molecule has 0 bridgehead atoms. The van der Waals surface area contributed by atoms with Gasteiger partial charge in [0.2, 0.25) is 5.95 Å². The van der Waals surface area contributed by atoms with Gasteiger partial charge < -0.3 is 8.83 Å². The predicted octanol–water partition coefficient (Wildman–Crippen LogP) is 12.8. The Labute approximate surface area is 320 Å². The Bertz CT molecular complexity index is 3970. The first kappa shape index (κ1) is 18.4. The van der Waals surface area contributed by atoms with Crippen LogP contribution in [0, 0.1) is 0 Å². The molecule has 0 radical (unpaired) electrons. The number of aromatic nitrogens is 3. The summed E-state index contributed by atoms with van der Waals surface area (Å²) < 4.78 is 137. The second-order valence-electron chi connectivity index (χ2n) is 11.7. The molecule has 11 rings (SSSR count). The number of thiophene rings is 1. The number of hydrogen-bond acceptors (Lipinski definition) is 7. The third kappa shape index (κ3) is 4.53. The number of hydrogen-bond donors (Lipinski definition) is 0. The van der Waals surface area contributed by atoms with Gasteiger partial charge in [-0.2, -0.15) is 9.97 Å². The van der Waals surface area contributed by atoms with Gasteiger partial charge in [0.1, 0.15) is 22.3 Å². The first-order chi connectivity index (χ1) is 31.6. The molecule has 0 aliphatic carbocycles. The third-order valence-electron chi connectivity index (χ3n) is 8.68. The van der Waals surface area contributed by atoms with Crippen LogP contribution in [0.2, 0.25) is 0 Å². The summed E-state index contributed by atoms with van der Waals surface area (Å²) in [5, 5.41) is 0.965. The first-order valence-corrected chi connectivity index (χ1v) is 16.8. The Kier molecular flexibility index (Phi) is 4.02. The van der Waals surface area contributed by atoms with E-state index in [1.165, 1.54) is 0 Å².